The molecule has 4 atom stereocenters. The number of phosphoric acid groups is 1. The molecular formula is C49H74NO10P. The van der Waals surface area contributed by atoms with Gasteiger partial charge >= 0.3 is 19.8 Å². The maximum atomic E-state index is 12.6. The number of carbonyl (C=O) groups excluding carboxylic acids is 2. The average Bonchev–Trinajstić information content (AvgIpc) is 3.24. The normalized spacial score (nSPS) is 15.7. The molecule has 0 bridgehead atoms. The van der Waals surface area contributed by atoms with Crippen molar-refractivity contribution in [3.8, 4) is 0 Å². The van der Waals surface area contributed by atoms with Crippen LogP contribution in [0.3, 0.4) is 0 Å². The zero-order chi connectivity index (χ0) is 44.9. The van der Waals surface area contributed by atoms with E-state index in [1.54, 1.807) is 30.4 Å². The summed E-state index contributed by atoms with van der Waals surface area (Å²) in [6, 6.07) is 0. The number of esters is 2. The van der Waals surface area contributed by atoms with Crippen molar-refractivity contribution in [2.45, 2.75) is 122 Å². The summed E-state index contributed by atoms with van der Waals surface area (Å²) in [4.78, 5) is 34.8. The van der Waals surface area contributed by atoms with E-state index in [4.69, 9.17) is 24.3 Å². The first-order valence-electron chi connectivity index (χ1n) is 21.5. The summed E-state index contributed by atoms with van der Waals surface area (Å²) in [5, 5.41) is 20.0. The fourth-order valence-corrected chi connectivity index (χ4v) is 5.52. The van der Waals surface area contributed by atoms with Gasteiger partial charge in [0, 0.05) is 19.4 Å². The Morgan fingerprint density at radius 2 is 1.13 bits per heavy atom. The van der Waals surface area contributed by atoms with Crippen molar-refractivity contribution < 1.29 is 47.8 Å². The summed E-state index contributed by atoms with van der Waals surface area (Å²) >= 11 is 0. The molecule has 0 spiro atoms. The first-order valence-corrected chi connectivity index (χ1v) is 23.0. The average molecular weight is 868 g/mol. The van der Waals surface area contributed by atoms with Gasteiger partial charge in [0.25, 0.3) is 0 Å². The second-order valence-electron chi connectivity index (χ2n) is 13.5. The van der Waals surface area contributed by atoms with Crippen molar-refractivity contribution in [1.82, 2.24) is 0 Å². The fourth-order valence-electron chi connectivity index (χ4n) is 4.75. The van der Waals surface area contributed by atoms with E-state index >= 15 is 0 Å². The molecule has 0 aliphatic carbocycles. The summed E-state index contributed by atoms with van der Waals surface area (Å²) in [6.07, 6.45) is 54.0. The molecule has 0 saturated heterocycles. The van der Waals surface area contributed by atoms with Crippen LogP contribution >= 0.6 is 7.82 Å². The third-order valence-corrected chi connectivity index (χ3v) is 8.89. The molecular weight excluding hydrogens is 794 g/mol. The van der Waals surface area contributed by atoms with E-state index in [0.717, 1.165) is 44.9 Å². The van der Waals surface area contributed by atoms with Crippen LogP contribution in [0.25, 0.3) is 0 Å². The zero-order valence-corrected chi connectivity index (χ0v) is 37.4. The maximum Gasteiger partial charge on any atom is 0.472 e. The van der Waals surface area contributed by atoms with E-state index in [0.29, 0.717) is 32.1 Å². The van der Waals surface area contributed by atoms with Crippen LogP contribution in [-0.4, -0.2) is 71.7 Å². The van der Waals surface area contributed by atoms with Crippen LogP contribution in [0.1, 0.15) is 104 Å². The Morgan fingerprint density at radius 1 is 0.590 bits per heavy atom. The van der Waals surface area contributed by atoms with Crippen LogP contribution in [0.4, 0.5) is 0 Å². The number of ether oxygens (including phenoxy) is 2. The Bertz CT molecular complexity index is 1530. The van der Waals surface area contributed by atoms with Gasteiger partial charge in [-0.25, -0.2) is 4.57 Å². The number of allylic oxidation sites excluding steroid dienone is 20. The standard InChI is InChI=1S/C49H74NO10P/c1-3-5-7-8-9-10-11-12-13-14-15-16-17-18-19-20-24-27-33-40-49(54)60-47(44-59-61(55,56)58-42-41-50)43-57-48(53)39-34-28-32-38-46(52)37-31-26-23-21-22-25-30-36-45(51)35-29-6-4-2/h5-7,9-10,12-13,15-16,18-19,22-27,29-32,36-38,45-47,51-52H,3-4,8,11,14,17,20-21,28,33-35,39-44,50H2,1-2H3,(H,55,56)/b7-5-,10-9-,13-12-,16-15-,19-18-,25-22-,26-23-,27-24-,29-6-,36-30+,37-31+,38-32-/t45-,46-,47-/m1/s1. The highest BCUT2D eigenvalue weighted by molar-refractivity contribution is 7.47. The quantitative estimate of drug-likeness (QED) is 0.0154. The van der Waals surface area contributed by atoms with Crippen molar-refractivity contribution in [1.29, 1.82) is 0 Å². The highest BCUT2D eigenvalue weighted by atomic mass is 31.2. The van der Waals surface area contributed by atoms with Gasteiger partial charge in [-0.3, -0.25) is 18.6 Å². The van der Waals surface area contributed by atoms with Crippen molar-refractivity contribution in [2.24, 2.45) is 5.73 Å². The Morgan fingerprint density at radius 3 is 1.72 bits per heavy atom. The number of hydrogen-bond donors (Lipinski definition) is 4. The Kier molecular flexibility index (Phi) is 39.6. The number of unbranched alkanes of at least 4 members (excludes halogenated alkanes) is 1. The number of rotatable bonds is 37. The number of hydrogen-bond acceptors (Lipinski definition) is 10. The molecule has 0 saturated carbocycles. The Labute approximate surface area is 366 Å². The third kappa shape index (κ3) is 42.3. The molecule has 0 aliphatic rings. The second-order valence-corrected chi connectivity index (χ2v) is 14.9. The minimum atomic E-state index is -4.46. The van der Waals surface area contributed by atoms with E-state index in [-0.39, 0.29) is 32.6 Å². The van der Waals surface area contributed by atoms with Crippen LogP contribution in [0, 0.1) is 0 Å². The highest BCUT2D eigenvalue weighted by Gasteiger charge is 2.25. The molecule has 1 unspecified atom stereocenters. The lowest BCUT2D eigenvalue weighted by molar-refractivity contribution is -0.161. The smallest absolute Gasteiger partial charge is 0.462 e. The molecule has 0 aromatic heterocycles. The minimum absolute atomic E-state index is 0.00329. The molecule has 0 fully saturated rings. The van der Waals surface area contributed by atoms with E-state index in [2.05, 4.69) is 74.6 Å². The van der Waals surface area contributed by atoms with Crippen molar-refractivity contribution in [2.75, 3.05) is 26.4 Å². The van der Waals surface area contributed by atoms with Gasteiger partial charge in [-0.15, -0.1) is 0 Å². The molecule has 0 amide bonds. The Balaban J connectivity index is 4.56. The monoisotopic (exact) mass is 868 g/mol. The van der Waals surface area contributed by atoms with E-state index in [1.807, 2.05) is 54.7 Å². The third-order valence-electron chi connectivity index (χ3n) is 7.91. The van der Waals surface area contributed by atoms with Gasteiger partial charge in [0.2, 0.25) is 0 Å². The fraction of sp³-hybridized carbons (Fsp3) is 0.469. The van der Waals surface area contributed by atoms with Crippen LogP contribution < -0.4 is 5.73 Å². The van der Waals surface area contributed by atoms with Crippen LogP contribution in [0.15, 0.2) is 146 Å². The number of aliphatic hydroxyl groups excluding tert-OH is 2. The largest absolute Gasteiger partial charge is 0.472 e. The second kappa shape index (κ2) is 42.5. The van der Waals surface area contributed by atoms with Crippen molar-refractivity contribution >= 4 is 19.8 Å². The summed E-state index contributed by atoms with van der Waals surface area (Å²) in [5.41, 5.74) is 5.33. The van der Waals surface area contributed by atoms with Gasteiger partial charge in [0.15, 0.2) is 6.10 Å². The molecule has 0 aromatic rings. The zero-order valence-electron chi connectivity index (χ0n) is 36.5. The summed E-state index contributed by atoms with van der Waals surface area (Å²) in [7, 11) is -4.46. The van der Waals surface area contributed by atoms with E-state index in [1.165, 1.54) is 0 Å². The SMILES string of the molecule is CC/C=C\C/C=C\C/C=C\C/C=C\C/C=C\C/C=C\CCC(=O)O[C@H](COC(=O)CCC/C=C\[C@H](O)/C=C/C=C\C/C=C\C=C\[C@H](O)C/C=C\CC)COP(=O)(O)OCCN. The van der Waals surface area contributed by atoms with Crippen LogP contribution in [-0.2, 0) is 32.7 Å². The lowest BCUT2D eigenvalue weighted by Gasteiger charge is -2.19. The maximum absolute atomic E-state index is 12.6. The van der Waals surface area contributed by atoms with E-state index in [9.17, 15) is 29.3 Å². The lowest BCUT2D eigenvalue weighted by atomic mass is 10.2. The molecule has 5 N–H and O–H groups in total. The molecule has 61 heavy (non-hydrogen) atoms. The molecule has 0 radical (unpaired) electrons. The van der Waals surface area contributed by atoms with Crippen molar-refractivity contribution in [3.05, 3.63) is 146 Å². The molecule has 340 valence electrons. The Hall–Kier alpha value is -4.19. The van der Waals surface area contributed by atoms with Gasteiger partial charge in [-0.05, 0) is 77.0 Å². The molecule has 0 aliphatic heterocycles. The van der Waals surface area contributed by atoms with Crippen LogP contribution in [0.2, 0.25) is 0 Å². The van der Waals surface area contributed by atoms with Gasteiger partial charge in [0.05, 0.1) is 25.4 Å². The lowest BCUT2D eigenvalue weighted by Crippen LogP contribution is -2.29. The summed E-state index contributed by atoms with van der Waals surface area (Å²) in [6.45, 7) is 3.07. The topological polar surface area (TPSA) is 175 Å². The molecule has 11 nitrogen and oxygen atoms in total. The van der Waals surface area contributed by atoms with E-state index < -0.39 is 44.7 Å². The van der Waals surface area contributed by atoms with Gasteiger partial charge < -0.3 is 30.3 Å². The van der Waals surface area contributed by atoms with Crippen molar-refractivity contribution in [3.63, 3.8) is 0 Å². The first kappa shape index (κ1) is 56.8. The van der Waals surface area contributed by atoms with Crippen LogP contribution in [0.5, 0.6) is 0 Å². The number of nitrogens with two attached hydrogens (primary N) is 1. The molecule has 0 aromatic carbocycles. The van der Waals surface area contributed by atoms with Gasteiger partial charge in [0.1, 0.15) is 6.61 Å². The number of aliphatic hydroxyl groups is 2. The summed E-state index contributed by atoms with van der Waals surface area (Å²) in [5.74, 6) is -1.13. The predicted molar refractivity (Wildman–Crippen MR) is 249 cm³/mol. The molecule has 12 heteroatoms. The van der Waals surface area contributed by atoms with Gasteiger partial charge in [-0.1, -0.05) is 160 Å². The predicted octanol–water partition coefficient (Wildman–Crippen LogP) is 10.4. The molecule has 0 heterocycles. The molecule has 0 rings (SSSR count). The highest BCUT2D eigenvalue weighted by Crippen LogP contribution is 2.43. The first-order chi connectivity index (χ1) is 29.6. The summed E-state index contributed by atoms with van der Waals surface area (Å²) < 4.78 is 32.5. The number of phosphoric ester groups is 1. The minimum Gasteiger partial charge on any atom is -0.462 e. The number of carbonyl (C=O) groups is 2. The van der Waals surface area contributed by atoms with Gasteiger partial charge in [-0.2, -0.15) is 0 Å².